The molecule has 0 bridgehead atoms. The summed E-state index contributed by atoms with van der Waals surface area (Å²) in [6.07, 6.45) is 0. The highest BCUT2D eigenvalue weighted by molar-refractivity contribution is 7.92. The molecule has 0 spiro atoms. The number of amides is 1. The largest absolute Gasteiger partial charge is 0.490 e. The number of carbonyl (C=O) groups excluding carboxylic acids is 1. The van der Waals surface area contributed by atoms with Gasteiger partial charge < -0.3 is 10.1 Å². The maximum atomic E-state index is 12.7. The normalized spacial score (nSPS) is 11.0. The minimum Gasteiger partial charge on any atom is -0.490 e. The highest BCUT2D eigenvalue weighted by Crippen LogP contribution is 2.25. The van der Waals surface area contributed by atoms with Crippen LogP contribution in [0.4, 0.5) is 5.69 Å². The van der Waals surface area contributed by atoms with Crippen molar-refractivity contribution in [2.45, 2.75) is 4.90 Å². The highest BCUT2D eigenvalue weighted by Gasteiger charge is 2.20. The molecule has 156 valence electrons. The van der Waals surface area contributed by atoms with Gasteiger partial charge in [0.05, 0.1) is 16.6 Å². The first kappa shape index (κ1) is 22.0. The second kappa shape index (κ2) is 9.84. The Labute approximate surface area is 184 Å². The number of benzene rings is 3. The van der Waals surface area contributed by atoms with E-state index in [-0.39, 0.29) is 28.6 Å². The SMILES string of the molecule is O=C(NCCOc1ccccc1Cl)c1ccc(Cl)c(S(=O)(=O)Nc2ccccc2)c1. The Kier molecular flexibility index (Phi) is 7.20. The standard InChI is InChI=1S/C21H18Cl2N2O4S/c22-17-8-4-5-9-19(17)29-13-12-24-21(26)15-10-11-18(23)20(14-15)30(27,28)25-16-6-2-1-3-7-16/h1-11,14,25H,12-13H2,(H,24,26). The third kappa shape index (κ3) is 5.66. The van der Waals surface area contributed by atoms with Gasteiger partial charge in [-0.15, -0.1) is 0 Å². The van der Waals surface area contributed by atoms with E-state index in [1.165, 1.54) is 18.2 Å². The predicted octanol–water partition coefficient (Wildman–Crippen LogP) is 4.60. The molecule has 0 unspecified atom stereocenters. The van der Waals surface area contributed by atoms with Crippen LogP contribution in [0.3, 0.4) is 0 Å². The molecule has 0 saturated heterocycles. The van der Waals surface area contributed by atoms with Gasteiger partial charge in [0.2, 0.25) is 0 Å². The van der Waals surface area contributed by atoms with Gasteiger partial charge in [0.25, 0.3) is 15.9 Å². The van der Waals surface area contributed by atoms with E-state index in [2.05, 4.69) is 10.0 Å². The zero-order valence-corrected chi connectivity index (χ0v) is 18.0. The molecule has 2 N–H and O–H groups in total. The molecule has 3 aromatic carbocycles. The van der Waals surface area contributed by atoms with Crippen molar-refractivity contribution in [2.75, 3.05) is 17.9 Å². The fraction of sp³-hybridized carbons (Fsp3) is 0.0952. The zero-order chi connectivity index (χ0) is 21.6. The van der Waals surface area contributed by atoms with Crippen molar-refractivity contribution in [3.05, 3.63) is 88.4 Å². The second-order valence-corrected chi connectivity index (χ2v) is 8.62. The number of hydrogen-bond donors (Lipinski definition) is 2. The lowest BCUT2D eigenvalue weighted by molar-refractivity contribution is 0.0947. The third-order valence-electron chi connectivity index (χ3n) is 3.99. The second-order valence-electron chi connectivity index (χ2n) is 6.15. The van der Waals surface area contributed by atoms with Gasteiger partial charge in [-0.3, -0.25) is 9.52 Å². The van der Waals surface area contributed by atoms with Crippen LogP contribution in [0.1, 0.15) is 10.4 Å². The van der Waals surface area contributed by atoms with E-state index in [1.807, 2.05) is 0 Å². The Bertz CT molecular complexity index is 1140. The van der Waals surface area contributed by atoms with Crippen molar-refractivity contribution in [3.63, 3.8) is 0 Å². The van der Waals surface area contributed by atoms with Gasteiger partial charge in [-0.1, -0.05) is 53.5 Å². The van der Waals surface area contributed by atoms with Crippen LogP contribution < -0.4 is 14.8 Å². The molecule has 3 rings (SSSR count). The van der Waals surface area contributed by atoms with Crippen molar-refractivity contribution in [1.29, 1.82) is 0 Å². The lowest BCUT2D eigenvalue weighted by atomic mass is 10.2. The number of ether oxygens (including phenoxy) is 1. The van der Waals surface area contributed by atoms with Crippen LogP contribution in [0.15, 0.2) is 77.7 Å². The maximum Gasteiger partial charge on any atom is 0.263 e. The summed E-state index contributed by atoms with van der Waals surface area (Å²) in [5.74, 6) is 0.0610. The van der Waals surface area contributed by atoms with Gasteiger partial charge in [0.1, 0.15) is 17.3 Å². The van der Waals surface area contributed by atoms with Gasteiger partial charge in [0, 0.05) is 11.3 Å². The summed E-state index contributed by atoms with van der Waals surface area (Å²) in [7, 11) is -3.97. The van der Waals surface area contributed by atoms with Crippen LogP contribution in [0.25, 0.3) is 0 Å². The molecule has 1 amide bonds. The molecule has 9 heteroatoms. The first-order valence-electron chi connectivity index (χ1n) is 8.90. The minimum absolute atomic E-state index is 0.0111. The fourth-order valence-electron chi connectivity index (χ4n) is 2.56. The number of hydrogen-bond acceptors (Lipinski definition) is 4. The van der Waals surface area contributed by atoms with Crippen LogP contribution in [0, 0.1) is 0 Å². The average Bonchev–Trinajstić information content (AvgIpc) is 2.73. The molecule has 30 heavy (non-hydrogen) atoms. The van der Waals surface area contributed by atoms with Crippen LogP contribution in [-0.4, -0.2) is 27.5 Å². The Morgan fingerprint density at radius 2 is 1.60 bits per heavy atom. The quantitative estimate of drug-likeness (QED) is 0.476. The van der Waals surface area contributed by atoms with Gasteiger partial charge in [0.15, 0.2) is 0 Å². The summed E-state index contributed by atoms with van der Waals surface area (Å²) < 4.78 is 33.3. The van der Waals surface area contributed by atoms with E-state index in [0.717, 1.165) is 0 Å². The van der Waals surface area contributed by atoms with E-state index in [1.54, 1.807) is 54.6 Å². The molecule has 0 aliphatic rings. The number of para-hydroxylation sites is 2. The van der Waals surface area contributed by atoms with E-state index in [0.29, 0.717) is 16.5 Å². The topological polar surface area (TPSA) is 84.5 Å². The van der Waals surface area contributed by atoms with Crippen LogP contribution in [0.2, 0.25) is 10.0 Å². The molecule has 0 aliphatic heterocycles. The third-order valence-corrected chi connectivity index (χ3v) is 6.17. The van der Waals surface area contributed by atoms with Crippen molar-refractivity contribution in [1.82, 2.24) is 5.32 Å². The summed E-state index contributed by atoms with van der Waals surface area (Å²) in [5, 5.41) is 3.16. The Hall–Kier alpha value is -2.74. The number of anilines is 1. The van der Waals surface area contributed by atoms with Crippen LogP contribution in [0.5, 0.6) is 5.75 Å². The van der Waals surface area contributed by atoms with Gasteiger partial charge >= 0.3 is 0 Å². The number of sulfonamides is 1. The molecule has 0 fully saturated rings. The lowest BCUT2D eigenvalue weighted by Gasteiger charge is -2.12. The molecule has 0 aromatic heterocycles. The monoisotopic (exact) mass is 464 g/mol. The van der Waals surface area contributed by atoms with Gasteiger partial charge in [-0.05, 0) is 42.5 Å². The number of nitrogens with one attached hydrogen (secondary N) is 2. The fourth-order valence-corrected chi connectivity index (χ4v) is 4.33. The zero-order valence-electron chi connectivity index (χ0n) is 15.6. The summed E-state index contributed by atoms with van der Waals surface area (Å²) in [6, 6.07) is 19.5. The van der Waals surface area contributed by atoms with Crippen LogP contribution in [-0.2, 0) is 10.0 Å². The van der Waals surface area contributed by atoms with E-state index < -0.39 is 15.9 Å². The van der Waals surface area contributed by atoms with E-state index >= 15 is 0 Å². The smallest absolute Gasteiger partial charge is 0.263 e. The summed E-state index contributed by atoms with van der Waals surface area (Å²) in [6.45, 7) is 0.404. The van der Waals surface area contributed by atoms with E-state index in [4.69, 9.17) is 27.9 Å². The molecular weight excluding hydrogens is 447 g/mol. The Morgan fingerprint density at radius 3 is 2.33 bits per heavy atom. The number of carbonyl (C=O) groups is 1. The molecule has 0 saturated carbocycles. The van der Waals surface area contributed by atoms with Crippen molar-refractivity contribution in [2.24, 2.45) is 0 Å². The van der Waals surface area contributed by atoms with Crippen molar-refractivity contribution in [3.8, 4) is 5.75 Å². The van der Waals surface area contributed by atoms with E-state index in [9.17, 15) is 13.2 Å². The summed E-state index contributed by atoms with van der Waals surface area (Å²) >= 11 is 12.1. The number of halogens is 2. The molecule has 3 aromatic rings. The first-order chi connectivity index (χ1) is 14.4. The van der Waals surface area contributed by atoms with Crippen molar-refractivity contribution >= 4 is 44.8 Å². The van der Waals surface area contributed by atoms with Crippen LogP contribution >= 0.6 is 23.2 Å². The van der Waals surface area contributed by atoms with Crippen molar-refractivity contribution < 1.29 is 17.9 Å². The number of rotatable bonds is 8. The Balaban J connectivity index is 1.65. The first-order valence-corrected chi connectivity index (χ1v) is 11.1. The summed E-state index contributed by atoms with van der Waals surface area (Å²) in [4.78, 5) is 12.2. The molecule has 0 aliphatic carbocycles. The molecule has 0 heterocycles. The molecule has 6 nitrogen and oxygen atoms in total. The highest BCUT2D eigenvalue weighted by atomic mass is 35.5. The van der Waals surface area contributed by atoms with Gasteiger partial charge in [-0.2, -0.15) is 0 Å². The Morgan fingerprint density at radius 1 is 0.900 bits per heavy atom. The summed E-state index contributed by atoms with van der Waals surface area (Å²) in [5.41, 5.74) is 0.547. The minimum atomic E-state index is -3.97. The lowest BCUT2D eigenvalue weighted by Crippen LogP contribution is -2.28. The maximum absolute atomic E-state index is 12.7. The van der Waals surface area contributed by atoms with Gasteiger partial charge in [-0.25, -0.2) is 8.42 Å². The molecule has 0 radical (unpaired) electrons. The predicted molar refractivity (Wildman–Crippen MR) is 118 cm³/mol. The molecular formula is C21H18Cl2N2O4S. The average molecular weight is 465 g/mol. The molecule has 0 atom stereocenters.